The van der Waals surface area contributed by atoms with E-state index in [-0.39, 0.29) is 12.6 Å². The molecule has 2 atom stereocenters. The fourth-order valence-corrected chi connectivity index (χ4v) is 7.55. The Morgan fingerprint density at radius 3 is 2.61 bits per heavy atom. The van der Waals surface area contributed by atoms with Gasteiger partial charge in [-0.1, -0.05) is 42.5 Å². The molecule has 192 valence electrons. The van der Waals surface area contributed by atoms with E-state index >= 15 is 4.39 Å². The largest absolute Gasteiger partial charge is 0.451 e. The molecule has 0 radical (unpaired) electrons. The van der Waals surface area contributed by atoms with E-state index in [9.17, 15) is 8.42 Å². The van der Waals surface area contributed by atoms with Gasteiger partial charge in [0.05, 0.1) is 5.69 Å². The van der Waals surface area contributed by atoms with Gasteiger partial charge in [-0.2, -0.15) is 4.31 Å². The maximum atomic E-state index is 15.5. The van der Waals surface area contributed by atoms with E-state index in [1.807, 2.05) is 43.3 Å². The van der Waals surface area contributed by atoms with Crippen LogP contribution in [0.25, 0.3) is 0 Å². The summed E-state index contributed by atoms with van der Waals surface area (Å²) in [6.45, 7) is 3.54. The third kappa shape index (κ3) is 4.98. The first kappa shape index (κ1) is 25.1. The third-order valence-corrected chi connectivity index (χ3v) is 9.94. The van der Waals surface area contributed by atoms with Crippen molar-refractivity contribution in [1.82, 2.24) is 14.6 Å². The van der Waals surface area contributed by atoms with Gasteiger partial charge in [0, 0.05) is 43.4 Å². The predicted octanol–water partition coefficient (Wildman–Crippen LogP) is 4.66. The van der Waals surface area contributed by atoms with Crippen LogP contribution in [0.2, 0.25) is 0 Å². The highest BCUT2D eigenvalue weighted by Crippen LogP contribution is 2.39. The lowest BCUT2D eigenvalue weighted by atomic mass is 9.82. The van der Waals surface area contributed by atoms with E-state index < -0.39 is 26.6 Å². The van der Waals surface area contributed by atoms with Crippen molar-refractivity contribution < 1.29 is 22.0 Å². The van der Waals surface area contributed by atoms with Gasteiger partial charge in [0.2, 0.25) is 10.0 Å². The van der Waals surface area contributed by atoms with Crippen LogP contribution < -0.4 is 5.32 Å². The van der Waals surface area contributed by atoms with Crippen LogP contribution in [-0.4, -0.2) is 37.0 Å². The van der Waals surface area contributed by atoms with Crippen molar-refractivity contribution in [2.24, 2.45) is 0 Å². The fraction of sp³-hybridized carbons (Fsp3) is 0.444. The number of benzene rings is 2. The SMILES string of the molecule is C[C@H]1CC[C@H](c2ccccc2)S(=O)(=O)N1Cc1ccc(C2(NCc3cocn3)CCOCC2)cc1F. The van der Waals surface area contributed by atoms with Gasteiger partial charge < -0.3 is 14.5 Å². The second kappa shape index (κ2) is 10.4. The Balaban J connectivity index is 1.39. The Morgan fingerprint density at radius 1 is 1.14 bits per heavy atom. The smallest absolute Gasteiger partial charge is 0.221 e. The van der Waals surface area contributed by atoms with E-state index in [4.69, 9.17) is 9.15 Å². The van der Waals surface area contributed by atoms with Gasteiger partial charge >= 0.3 is 0 Å². The summed E-state index contributed by atoms with van der Waals surface area (Å²) in [5.74, 6) is -0.397. The third-order valence-electron chi connectivity index (χ3n) is 7.57. The van der Waals surface area contributed by atoms with Crippen LogP contribution in [0, 0.1) is 5.82 Å². The summed E-state index contributed by atoms with van der Waals surface area (Å²) in [5.41, 5.74) is 2.30. The molecule has 0 amide bonds. The molecule has 3 heterocycles. The Kier molecular flexibility index (Phi) is 7.25. The maximum absolute atomic E-state index is 15.5. The van der Waals surface area contributed by atoms with Gasteiger partial charge in [0.15, 0.2) is 6.39 Å². The molecule has 2 aliphatic heterocycles. The molecular formula is C27H32FN3O4S. The van der Waals surface area contributed by atoms with Crippen LogP contribution in [0.4, 0.5) is 4.39 Å². The van der Waals surface area contributed by atoms with Crippen molar-refractivity contribution in [3.8, 4) is 0 Å². The molecule has 2 aromatic carbocycles. The molecule has 0 unspecified atom stereocenters. The molecule has 2 aliphatic rings. The molecule has 9 heteroatoms. The zero-order valence-electron chi connectivity index (χ0n) is 20.4. The normalized spacial score (nSPS) is 23.9. The number of aromatic nitrogens is 1. The minimum Gasteiger partial charge on any atom is -0.451 e. The first-order chi connectivity index (χ1) is 17.4. The van der Waals surface area contributed by atoms with Crippen LogP contribution >= 0.6 is 0 Å². The minimum atomic E-state index is -3.64. The van der Waals surface area contributed by atoms with Crippen LogP contribution in [0.1, 0.15) is 60.2 Å². The topological polar surface area (TPSA) is 84.7 Å². The number of rotatable bonds is 7. The number of sulfonamides is 1. The van der Waals surface area contributed by atoms with Crippen molar-refractivity contribution in [2.45, 2.75) is 62.5 Å². The standard InChI is InChI=1S/C27H32FN3O4S/c1-20-7-10-26(21-5-3-2-4-6-21)36(32,33)31(20)17-22-8-9-23(15-25(22)28)27(11-13-34-14-12-27)30-16-24-18-35-19-29-24/h2-6,8-9,15,18-20,26,30H,7,10-14,16-17H2,1H3/t20-,26+/m0/s1. The summed E-state index contributed by atoms with van der Waals surface area (Å²) in [4.78, 5) is 4.17. The molecule has 0 bridgehead atoms. The van der Waals surface area contributed by atoms with Crippen LogP contribution in [-0.2, 0) is 33.4 Å². The van der Waals surface area contributed by atoms with E-state index in [1.54, 1.807) is 18.4 Å². The number of halogens is 1. The quantitative estimate of drug-likeness (QED) is 0.495. The maximum Gasteiger partial charge on any atom is 0.221 e. The molecule has 0 saturated carbocycles. The molecule has 1 aromatic heterocycles. The lowest BCUT2D eigenvalue weighted by Gasteiger charge is -2.39. The van der Waals surface area contributed by atoms with Crippen LogP contribution in [0.3, 0.4) is 0 Å². The average molecular weight is 514 g/mol. The second-order valence-corrected chi connectivity index (χ2v) is 11.8. The highest BCUT2D eigenvalue weighted by atomic mass is 32.2. The molecule has 2 saturated heterocycles. The van der Waals surface area contributed by atoms with E-state index in [0.29, 0.717) is 44.6 Å². The summed E-state index contributed by atoms with van der Waals surface area (Å²) < 4.78 is 54.8. The highest BCUT2D eigenvalue weighted by molar-refractivity contribution is 7.89. The summed E-state index contributed by atoms with van der Waals surface area (Å²) in [6, 6.07) is 14.3. The number of nitrogens with one attached hydrogen (secondary N) is 1. The Bertz CT molecular complexity index is 1260. The lowest BCUT2D eigenvalue weighted by Crippen LogP contribution is -2.46. The van der Waals surface area contributed by atoms with Gasteiger partial charge in [-0.05, 0) is 49.8 Å². The number of ether oxygens (including phenoxy) is 1. The molecule has 7 nitrogen and oxygen atoms in total. The second-order valence-electron chi connectivity index (χ2n) is 9.75. The molecule has 2 fully saturated rings. The average Bonchev–Trinajstić information content (AvgIpc) is 3.41. The van der Waals surface area contributed by atoms with Crippen LogP contribution in [0.15, 0.2) is 65.6 Å². The first-order valence-corrected chi connectivity index (χ1v) is 13.9. The van der Waals surface area contributed by atoms with Gasteiger partial charge in [0.25, 0.3) is 0 Å². The van der Waals surface area contributed by atoms with Gasteiger partial charge in [-0.25, -0.2) is 17.8 Å². The number of hydrogen-bond donors (Lipinski definition) is 1. The lowest BCUT2D eigenvalue weighted by molar-refractivity contribution is 0.0355. The van der Waals surface area contributed by atoms with Crippen molar-refractivity contribution in [1.29, 1.82) is 0 Å². The van der Waals surface area contributed by atoms with Crippen molar-refractivity contribution in [3.63, 3.8) is 0 Å². The molecule has 3 aromatic rings. The summed E-state index contributed by atoms with van der Waals surface area (Å²) >= 11 is 0. The molecule has 0 aliphatic carbocycles. The molecule has 1 N–H and O–H groups in total. The number of hydrogen-bond acceptors (Lipinski definition) is 6. The Labute approximate surface area is 211 Å². The van der Waals surface area contributed by atoms with Gasteiger partial charge in [-0.3, -0.25) is 0 Å². The molecule has 0 spiro atoms. The molecular weight excluding hydrogens is 481 g/mol. The predicted molar refractivity (Wildman–Crippen MR) is 134 cm³/mol. The number of nitrogens with zero attached hydrogens (tertiary/aromatic N) is 2. The van der Waals surface area contributed by atoms with Crippen molar-refractivity contribution in [3.05, 3.63) is 89.4 Å². The number of oxazole rings is 1. The Morgan fingerprint density at radius 2 is 1.92 bits per heavy atom. The minimum absolute atomic E-state index is 0.0153. The highest BCUT2D eigenvalue weighted by Gasteiger charge is 2.41. The van der Waals surface area contributed by atoms with E-state index in [0.717, 1.165) is 23.2 Å². The summed E-state index contributed by atoms with van der Waals surface area (Å²) in [7, 11) is -3.64. The Hall–Kier alpha value is -2.59. The van der Waals surface area contributed by atoms with Gasteiger partial charge in [-0.15, -0.1) is 0 Å². The monoisotopic (exact) mass is 513 g/mol. The fourth-order valence-electron chi connectivity index (χ4n) is 5.36. The van der Waals surface area contributed by atoms with E-state index in [1.165, 1.54) is 10.7 Å². The van der Waals surface area contributed by atoms with E-state index in [2.05, 4.69) is 10.3 Å². The van der Waals surface area contributed by atoms with Crippen LogP contribution in [0.5, 0.6) is 0 Å². The zero-order valence-corrected chi connectivity index (χ0v) is 21.2. The first-order valence-electron chi connectivity index (χ1n) is 12.4. The summed E-state index contributed by atoms with van der Waals surface area (Å²) in [5, 5.41) is 2.94. The van der Waals surface area contributed by atoms with Gasteiger partial charge in [0.1, 0.15) is 17.3 Å². The molecule has 36 heavy (non-hydrogen) atoms. The van der Waals surface area contributed by atoms with Crippen molar-refractivity contribution in [2.75, 3.05) is 13.2 Å². The zero-order chi connectivity index (χ0) is 25.2. The summed E-state index contributed by atoms with van der Waals surface area (Å²) in [6.07, 6.45) is 5.66. The molecule has 5 rings (SSSR count). The van der Waals surface area contributed by atoms with Crippen molar-refractivity contribution >= 4 is 10.0 Å².